The lowest BCUT2D eigenvalue weighted by Crippen LogP contribution is -2.03. The molecule has 0 spiro atoms. The molecule has 0 atom stereocenters. The predicted molar refractivity (Wildman–Crippen MR) is 45.4 cm³/mol. The van der Waals surface area contributed by atoms with Crippen LogP contribution in [0.2, 0.25) is 0 Å². The van der Waals surface area contributed by atoms with Gasteiger partial charge < -0.3 is 20.4 Å². The van der Waals surface area contributed by atoms with Crippen LogP contribution in [0.1, 0.15) is 20.3 Å². The van der Waals surface area contributed by atoms with Gasteiger partial charge in [-0.05, 0) is 13.8 Å². The van der Waals surface area contributed by atoms with Crippen LogP contribution in [0.25, 0.3) is 0 Å². The minimum Gasteiger partial charge on any atom is -0.481 e. The van der Waals surface area contributed by atoms with E-state index >= 15 is 0 Å². The van der Waals surface area contributed by atoms with Crippen molar-refractivity contribution in [2.75, 3.05) is 13.2 Å². The van der Waals surface area contributed by atoms with E-state index in [-0.39, 0.29) is 13.2 Å². The zero-order valence-corrected chi connectivity index (χ0v) is 7.73. The molecule has 0 heterocycles. The predicted octanol–water partition coefficient (Wildman–Crippen LogP) is -0.457. The van der Waals surface area contributed by atoms with Crippen molar-refractivity contribution >= 4 is 11.9 Å². The molecule has 0 amide bonds. The maximum absolute atomic E-state index is 9.43. The zero-order chi connectivity index (χ0) is 11.3. The Bertz CT molecular complexity index is 108. The molecular weight excluding hydrogens is 180 g/mol. The first-order valence-electron chi connectivity index (χ1n) is 3.61. The Morgan fingerprint density at radius 1 is 0.923 bits per heavy atom. The van der Waals surface area contributed by atoms with E-state index in [0.29, 0.717) is 0 Å². The molecule has 0 bridgehead atoms. The van der Waals surface area contributed by atoms with Gasteiger partial charge in [0.05, 0.1) is 0 Å². The summed E-state index contributed by atoms with van der Waals surface area (Å²) in [6, 6.07) is 0. The minimum absolute atomic E-state index is 0.250. The van der Waals surface area contributed by atoms with Gasteiger partial charge >= 0.3 is 11.9 Å². The molecule has 0 aromatic heterocycles. The van der Waals surface area contributed by atoms with Gasteiger partial charge in [0.1, 0.15) is 6.42 Å². The number of carboxylic acids is 2. The number of carboxylic acid groups (broad SMARTS) is 2. The highest BCUT2D eigenvalue weighted by Gasteiger charge is 2.01. The Morgan fingerprint density at radius 2 is 1.08 bits per heavy atom. The maximum Gasteiger partial charge on any atom is 0.314 e. The van der Waals surface area contributed by atoms with Crippen molar-refractivity contribution in [3.8, 4) is 0 Å². The second-order valence-electron chi connectivity index (χ2n) is 1.60. The molecule has 6 heteroatoms. The number of aliphatic carboxylic acids is 2. The second-order valence-corrected chi connectivity index (χ2v) is 1.60. The van der Waals surface area contributed by atoms with Crippen molar-refractivity contribution in [2.45, 2.75) is 20.3 Å². The highest BCUT2D eigenvalue weighted by atomic mass is 16.4. The number of hydrogen-bond donors (Lipinski definition) is 4. The average Bonchev–Trinajstić information content (AvgIpc) is 1.86. The molecule has 0 aromatic carbocycles. The molecule has 4 N–H and O–H groups in total. The molecule has 6 nitrogen and oxygen atoms in total. The van der Waals surface area contributed by atoms with Crippen molar-refractivity contribution in [3.63, 3.8) is 0 Å². The Morgan fingerprint density at radius 3 is 1.08 bits per heavy atom. The lowest BCUT2D eigenvalue weighted by atomic mass is 10.5. The van der Waals surface area contributed by atoms with Gasteiger partial charge in [-0.1, -0.05) is 0 Å². The van der Waals surface area contributed by atoms with Gasteiger partial charge in [0.15, 0.2) is 0 Å². The van der Waals surface area contributed by atoms with Crippen LogP contribution in [-0.2, 0) is 9.59 Å². The first-order valence-corrected chi connectivity index (χ1v) is 3.61. The topological polar surface area (TPSA) is 115 Å². The maximum atomic E-state index is 9.43. The van der Waals surface area contributed by atoms with E-state index in [1.54, 1.807) is 13.8 Å². The third kappa shape index (κ3) is 104. The monoisotopic (exact) mass is 196 g/mol. The van der Waals surface area contributed by atoms with Crippen LogP contribution in [0.15, 0.2) is 0 Å². The van der Waals surface area contributed by atoms with Gasteiger partial charge in [-0.25, -0.2) is 0 Å². The van der Waals surface area contributed by atoms with Crippen LogP contribution in [0.5, 0.6) is 0 Å². The highest BCUT2D eigenvalue weighted by Crippen LogP contribution is 1.74. The fourth-order valence-corrected chi connectivity index (χ4v) is 0.129. The van der Waals surface area contributed by atoms with E-state index in [0.717, 1.165) is 0 Å². The van der Waals surface area contributed by atoms with Crippen molar-refractivity contribution < 1.29 is 30.0 Å². The number of carbonyl (C=O) groups is 2. The summed E-state index contributed by atoms with van der Waals surface area (Å²) >= 11 is 0. The summed E-state index contributed by atoms with van der Waals surface area (Å²) in [5, 5.41) is 30.5. The summed E-state index contributed by atoms with van der Waals surface area (Å²) < 4.78 is 0. The molecule has 0 aromatic rings. The van der Waals surface area contributed by atoms with Gasteiger partial charge in [-0.2, -0.15) is 0 Å². The lowest BCUT2D eigenvalue weighted by molar-refractivity contribution is -0.147. The van der Waals surface area contributed by atoms with Crippen LogP contribution in [0.3, 0.4) is 0 Å². The molecule has 0 aliphatic carbocycles. The van der Waals surface area contributed by atoms with Crippen LogP contribution in [0.4, 0.5) is 0 Å². The molecule has 0 aliphatic heterocycles. The molecule has 13 heavy (non-hydrogen) atoms. The summed E-state index contributed by atoms with van der Waals surface area (Å²) in [4.78, 5) is 18.9. The Hall–Kier alpha value is -1.14. The minimum atomic E-state index is -1.31. The lowest BCUT2D eigenvalue weighted by Gasteiger charge is -1.80. The third-order valence-corrected chi connectivity index (χ3v) is 0.302. The average molecular weight is 196 g/mol. The van der Waals surface area contributed by atoms with Crippen LogP contribution in [-0.4, -0.2) is 45.6 Å². The summed E-state index contributed by atoms with van der Waals surface area (Å²) in [5.74, 6) is -2.62. The number of aliphatic hydroxyl groups is 2. The standard InChI is InChI=1S/C3H4O4.2C2H6O/c4-2(5)1-3(6)7;2*1-2-3/h1H2,(H,4,5)(H,6,7);2*3H,2H2,1H3. The van der Waals surface area contributed by atoms with Gasteiger partial charge in [-0.3, -0.25) is 9.59 Å². The van der Waals surface area contributed by atoms with E-state index in [2.05, 4.69) is 0 Å². The van der Waals surface area contributed by atoms with Gasteiger partial charge in [-0.15, -0.1) is 0 Å². The van der Waals surface area contributed by atoms with Crippen molar-refractivity contribution in [1.29, 1.82) is 0 Å². The molecule has 0 radical (unpaired) electrons. The fourth-order valence-electron chi connectivity index (χ4n) is 0.129. The van der Waals surface area contributed by atoms with Crippen molar-refractivity contribution in [1.82, 2.24) is 0 Å². The van der Waals surface area contributed by atoms with E-state index in [1.165, 1.54) is 0 Å². The molecule has 0 aliphatic rings. The zero-order valence-electron chi connectivity index (χ0n) is 7.73. The van der Waals surface area contributed by atoms with E-state index in [1.807, 2.05) is 0 Å². The quantitative estimate of drug-likeness (QED) is 0.444. The first-order chi connectivity index (χ1) is 5.95. The number of rotatable bonds is 2. The van der Waals surface area contributed by atoms with Crippen molar-refractivity contribution in [3.05, 3.63) is 0 Å². The van der Waals surface area contributed by atoms with Crippen LogP contribution >= 0.6 is 0 Å². The molecule has 80 valence electrons. The first kappa shape index (κ1) is 17.8. The largest absolute Gasteiger partial charge is 0.481 e. The molecule has 0 fully saturated rings. The molecular formula is C7H16O6. The Kier molecular flexibility index (Phi) is 23.4. The van der Waals surface area contributed by atoms with Crippen LogP contribution in [0, 0.1) is 0 Å². The highest BCUT2D eigenvalue weighted by molar-refractivity contribution is 5.88. The van der Waals surface area contributed by atoms with Gasteiger partial charge in [0.2, 0.25) is 0 Å². The number of aliphatic hydroxyl groups excluding tert-OH is 2. The Balaban J connectivity index is -0.000000140. The smallest absolute Gasteiger partial charge is 0.314 e. The van der Waals surface area contributed by atoms with Gasteiger partial charge in [0, 0.05) is 13.2 Å². The molecule has 0 unspecified atom stereocenters. The van der Waals surface area contributed by atoms with Gasteiger partial charge in [0.25, 0.3) is 0 Å². The van der Waals surface area contributed by atoms with E-state index in [4.69, 9.17) is 20.4 Å². The molecule has 0 saturated carbocycles. The second kappa shape index (κ2) is 17.1. The molecule has 0 saturated heterocycles. The van der Waals surface area contributed by atoms with Crippen molar-refractivity contribution in [2.24, 2.45) is 0 Å². The fraction of sp³-hybridized carbons (Fsp3) is 0.714. The summed E-state index contributed by atoms with van der Waals surface area (Å²) in [6.07, 6.45) is -0.806. The van der Waals surface area contributed by atoms with Crippen LogP contribution < -0.4 is 0 Å². The third-order valence-electron chi connectivity index (χ3n) is 0.302. The summed E-state index contributed by atoms with van der Waals surface area (Å²) in [5.41, 5.74) is 0. The summed E-state index contributed by atoms with van der Waals surface area (Å²) in [7, 11) is 0. The molecule has 0 rings (SSSR count). The van der Waals surface area contributed by atoms with E-state index in [9.17, 15) is 9.59 Å². The van der Waals surface area contributed by atoms with E-state index < -0.39 is 18.4 Å². The number of hydrogen-bond acceptors (Lipinski definition) is 4. The SMILES string of the molecule is CCO.CCO.O=C(O)CC(=O)O. The normalized spacial score (nSPS) is 7.08. The summed E-state index contributed by atoms with van der Waals surface area (Å²) in [6.45, 7) is 3.86. The Labute approximate surface area is 76.4 Å².